The van der Waals surface area contributed by atoms with Crippen molar-refractivity contribution in [3.8, 4) is 0 Å². The molecule has 0 spiro atoms. The Morgan fingerprint density at radius 2 is 1.43 bits per heavy atom. The topological polar surface area (TPSA) is 49.4 Å². The van der Waals surface area contributed by atoms with E-state index in [1.165, 1.54) is 28.8 Å². The summed E-state index contributed by atoms with van der Waals surface area (Å²) in [5, 5.41) is 2.07. The van der Waals surface area contributed by atoms with Crippen LogP contribution < -0.4 is 10.2 Å². The molecular weight excluding hydrogens is 494 g/mol. The minimum absolute atomic E-state index is 0.0280. The molecule has 0 unspecified atom stereocenters. The summed E-state index contributed by atoms with van der Waals surface area (Å²) < 4.78 is 76.9. The average Bonchev–Trinajstić information content (AvgIpc) is 3.19. The number of nitrogens with one attached hydrogen (secondary N) is 1. The number of amides is 2. The molecule has 1 N–H and O–H groups in total. The number of hydrogen-bond donors (Lipinski definition) is 1. The standard InChI is InChI=1S/C24H16F6N2O2S/c25-23(26,27)16-6-4-14(5-7-16)21(34)31-18-3-1-2-15(12-18)22-32(20(33)13-35-22)19-10-8-17(9-11-19)24(28,29)30/h1-12,22H,13H2,(H,31,34)/t22-/m1/s1. The number of carbonyl (C=O) groups excluding carboxylic acids is 2. The van der Waals surface area contributed by atoms with E-state index in [-0.39, 0.29) is 17.2 Å². The summed E-state index contributed by atoms with van der Waals surface area (Å²) in [5.74, 6) is -0.780. The first kappa shape index (κ1) is 24.6. The maximum Gasteiger partial charge on any atom is 0.416 e. The first-order chi connectivity index (χ1) is 16.4. The van der Waals surface area contributed by atoms with Crippen LogP contribution in [-0.2, 0) is 17.1 Å². The average molecular weight is 510 g/mol. The molecule has 1 aliphatic rings. The summed E-state index contributed by atoms with van der Waals surface area (Å²) in [6.07, 6.45) is -9.01. The number of anilines is 2. The predicted octanol–water partition coefficient (Wildman–Crippen LogP) is 6.76. The van der Waals surface area contributed by atoms with Gasteiger partial charge in [0.2, 0.25) is 5.91 Å². The highest BCUT2D eigenvalue weighted by Gasteiger charge is 2.36. The van der Waals surface area contributed by atoms with Gasteiger partial charge in [-0.1, -0.05) is 12.1 Å². The number of halogens is 6. The van der Waals surface area contributed by atoms with Gasteiger partial charge >= 0.3 is 12.4 Å². The van der Waals surface area contributed by atoms with Crippen LogP contribution in [0.1, 0.15) is 32.4 Å². The van der Waals surface area contributed by atoms with Crippen molar-refractivity contribution in [2.45, 2.75) is 17.7 Å². The Balaban J connectivity index is 1.53. The zero-order chi connectivity index (χ0) is 25.4. The van der Waals surface area contributed by atoms with E-state index in [4.69, 9.17) is 0 Å². The monoisotopic (exact) mass is 510 g/mol. The van der Waals surface area contributed by atoms with Crippen molar-refractivity contribution in [2.24, 2.45) is 0 Å². The minimum atomic E-state index is -4.52. The Labute approximate surface area is 199 Å². The van der Waals surface area contributed by atoms with Crippen LogP contribution in [0.2, 0.25) is 0 Å². The molecule has 0 bridgehead atoms. The number of thioether (sulfide) groups is 1. The summed E-state index contributed by atoms with van der Waals surface area (Å²) in [6.45, 7) is 0. The van der Waals surface area contributed by atoms with Crippen molar-refractivity contribution in [2.75, 3.05) is 16.0 Å². The number of hydrogen-bond acceptors (Lipinski definition) is 3. The largest absolute Gasteiger partial charge is 0.416 e. The molecular formula is C24H16F6N2O2S. The molecule has 2 amide bonds. The fourth-order valence-corrected chi connectivity index (χ4v) is 4.71. The number of benzene rings is 3. The minimum Gasteiger partial charge on any atom is -0.322 e. The summed E-state index contributed by atoms with van der Waals surface area (Å²) in [4.78, 5) is 26.4. The number of rotatable bonds is 4. The third kappa shape index (κ3) is 5.45. The van der Waals surface area contributed by atoms with Gasteiger partial charge in [0.1, 0.15) is 5.37 Å². The van der Waals surface area contributed by atoms with Crippen LogP contribution in [0.25, 0.3) is 0 Å². The highest BCUT2D eigenvalue weighted by atomic mass is 32.2. The second-order valence-corrected chi connectivity index (χ2v) is 8.69. The lowest BCUT2D eigenvalue weighted by Gasteiger charge is -2.25. The molecule has 35 heavy (non-hydrogen) atoms. The van der Waals surface area contributed by atoms with Gasteiger partial charge in [-0.25, -0.2) is 0 Å². The van der Waals surface area contributed by atoms with E-state index in [9.17, 15) is 35.9 Å². The van der Waals surface area contributed by atoms with Gasteiger partial charge in [-0.2, -0.15) is 26.3 Å². The molecule has 0 aromatic heterocycles. The van der Waals surface area contributed by atoms with Crippen LogP contribution in [0, 0.1) is 0 Å². The van der Waals surface area contributed by atoms with Gasteiger partial charge in [-0.3, -0.25) is 14.5 Å². The predicted molar refractivity (Wildman–Crippen MR) is 120 cm³/mol. The molecule has 1 heterocycles. The highest BCUT2D eigenvalue weighted by molar-refractivity contribution is 8.00. The fourth-order valence-electron chi connectivity index (χ4n) is 3.54. The Morgan fingerprint density at radius 3 is 2.00 bits per heavy atom. The Morgan fingerprint density at radius 1 is 0.857 bits per heavy atom. The smallest absolute Gasteiger partial charge is 0.322 e. The summed E-state index contributed by atoms with van der Waals surface area (Å²) in [5.41, 5.74) is -0.407. The third-order valence-corrected chi connectivity index (χ3v) is 6.46. The molecule has 4 nitrogen and oxygen atoms in total. The van der Waals surface area contributed by atoms with E-state index in [1.807, 2.05) is 0 Å². The Bertz CT molecular complexity index is 1240. The summed E-state index contributed by atoms with van der Waals surface area (Å²) in [7, 11) is 0. The SMILES string of the molecule is O=C(Nc1cccc([C@H]2SCC(=O)N2c2ccc(C(F)(F)F)cc2)c1)c1ccc(C(F)(F)F)cc1. The second-order valence-electron chi connectivity index (χ2n) is 7.63. The van der Waals surface area contributed by atoms with Crippen molar-refractivity contribution in [3.05, 3.63) is 95.1 Å². The highest BCUT2D eigenvalue weighted by Crippen LogP contribution is 2.43. The fraction of sp³-hybridized carbons (Fsp3) is 0.167. The lowest BCUT2D eigenvalue weighted by molar-refractivity contribution is -0.138. The number of alkyl halides is 6. The molecule has 3 aromatic carbocycles. The molecule has 182 valence electrons. The van der Waals surface area contributed by atoms with E-state index in [0.717, 1.165) is 36.4 Å². The lowest BCUT2D eigenvalue weighted by atomic mass is 10.1. The molecule has 0 saturated carbocycles. The molecule has 11 heteroatoms. The number of carbonyl (C=O) groups is 2. The number of nitrogens with zero attached hydrogens (tertiary/aromatic N) is 1. The van der Waals surface area contributed by atoms with Gasteiger partial charge in [0.25, 0.3) is 5.91 Å². The van der Waals surface area contributed by atoms with Crippen LogP contribution in [0.5, 0.6) is 0 Å². The molecule has 1 saturated heterocycles. The van der Waals surface area contributed by atoms with Crippen molar-refractivity contribution < 1.29 is 35.9 Å². The zero-order valence-corrected chi connectivity index (χ0v) is 18.5. The molecule has 1 atom stereocenters. The van der Waals surface area contributed by atoms with Crippen LogP contribution >= 0.6 is 11.8 Å². The van der Waals surface area contributed by atoms with E-state index in [1.54, 1.807) is 24.3 Å². The van der Waals surface area contributed by atoms with Gasteiger partial charge < -0.3 is 5.32 Å². The Hall–Kier alpha value is -3.47. The molecule has 1 aliphatic heterocycles. The molecule has 4 rings (SSSR count). The zero-order valence-electron chi connectivity index (χ0n) is 17.7. The Kier molecular flexibility index (Phi) is 6.54. The lowest BCUT2D eigenvalue weighted by Crippen LogP contribution is -2.28. The first-order valence-corrected chi connectivity index (χ1v) is 11.2. The van der Waals surface area contributed by atoms with Gasteiger partial charge in [0.15, 0.2) is 0 Å². The normalized spacial score (nSPS) is 16.5. The van der Waals surface area contributed by atoms with Crippen molar-refractivity contribution in [1.29, 1.82) is 0 Å². The van der Waals surface area contributed by atoms with Crippen LogP contribution in [0.15, 0.2) is 72.8 Å². The third-order valence-electron chi connectivity index (χ3n) is 5.24. The maximum atomic E-state index is 12.9. The van der Waals surface area contributed by atoms with Gasteiger partial charge in [0, 0.05) is 16.9 Å². The first-order valence-electron chi connectivity index (χ1n) is 10.1. The quantitative estimate of drug-likeness (QED) is 0.395. The van der Waals surface area contributed by atoms with Crippen molar-refractivity contribution in [3.63, 3.8) is 0 Å². The van der Waals surface area contributed by atoms with Crippen LogP contribution in [0.3, 0.4) is 0 Å². The van der Waals surface area contributed by atoms with Crippen LogP contribution in [-0.4, -0.2) is 17.6 Å². The van der Waals surface area contributed by atoms with E-state index in [0.29, 0.717) is 16.9 Å². The summed E-state index contributed by atoms with van der Waals surface area (Å²) in [6, 6.07) is 14.6. The van der Waals surface area contributed by atoms with Gasteiger partial charge in [0.05, 0.1) is 16.9 Å². The van der Waals surface area contributed by atoms with Crippen LogP contribution in [0.4, 0.5) is 37.7 Å². The maximum absolute atomic E-state index is 12.9. The van der Waals surface area contributed by atoms with Gasteiger partial charge in [-0.15, -0.1) is 11.8 Å². The second kappa shape index (κ2) is 9.29. The van der Waals surface area contributed by atoms with E-state index < -0.39 is 34.8 Å². The molecule has 1 fully saturated rings. The van der Waals surface area contributed by atoms with Crippen molar-refractivity contribution >= 4 is 35.0 Å². The molecule has 0 radical (unpaired) electrons. The molecule has 0 aliphatic carbocycles. The van der Waals surface area contributed by atoms with Gasteiger partial charge in [-0.05, 0) is 66.2 Å². The molecule has 3 aromatic rings. The van der Waals surface area contributed by atoms with E-state index in [2.05, 4.69) is 5.32 Å². The van der Waals surface area contributed by atoms with E-state index >= 15 is 0 Å². The van der Waals surface area contributed by atoms with Crippen molar-refractivity contribution in [1.82, 2.24) is 0 Å². The summed E-state index contributed by atoms with van der Waals surface area (Å²) >= 11 is 1.28.